The third kappa shape index (κ3) is 3.74. The Hall–Kier alpha value is -1.10. The highest BCUT2D eigenvalue weighted by molar-refractivity contribution is 5.17. The molecule has 0 fully saturated rings. The van der Waals surface area contributed by atoms with Crippen LogP contribution in [0.4, 0.5) is 6.01 Å². The molecule has 0 amide bonds. The first-order valence-electron chi connectivity index (χ1n) is 4.87. The van der Waals surface area contributed by atoms with E-state index in [4.69, 9.17) is 9.63 Å². The molecule has 1 rings (SSSR count). The standard InChI is InChI=1S/C9H17N3O2/c1-7(6-13)4-3-5-10-9-11-8(2)12-14-9/h7,13H,3-6H2,1-2H3,(H,10,11,12). The van der Waals surface area contributed by atoms with Crippen molar-refractivity contribution < 1.29 is 9.63 Å². The molecule has 0 radical (unpaired) electrons. The van der Waals surface area contributed by atoms with Gasteiger partial charge in [-0.3, -0.25) is 0 Å². The summed E-state index contributed by atoms with van der Waals surface area (Å²) < 4.78 is 4.88. The van der Waals surface area contributed by atoms with E-state index < -0.39 is 0 Å². The molecule has 5 heteroatoms. The van der Waals surface area contributed by atoms with E-state index in [-0.39, 0.29) is 6.61 Å². The molecule has 1 atom stereocenters. The number of anilines is 1. The molecule has 2 N–H and O–H groups in total. The Balaban J connectivity index is 2.10. The smallest absolute Gasteiger partial charge is 0.321 e. The van der Waals surface area contributed by atoms with Crippen LogP contribution in [0.5, 0.6) is 0 Å². The van der Waals surface area contributed by atoms with Gasteiger partial charge in [0, 0.05) is 13.2 Å². The molecular formula is C9H17N3O2. The Morgan fingerprint density at radius 1 is 1.57 bits per heavy atom. The summed E-state index contributed by atoms with van der Waals surface area (Å²) in [6.45, 7) is 4.85. The second kappa shape index (κ2) is 5.59. The fourth-order valence-corrected chi connectivity index (χ4v) is 1.11. The van der Waals surface area contributed by atoms with Crippen LogP contribution < -0.4 is 5.32 Å². The molecule has 80 valence electrons. The predicted octanol–water partition coefficient (Wildman–Crippen LogP) is 1.20. The van der Waals surface area contributed by atoms with Crippen molar-refractivity contribution in [1.82, 2.24) is 10.1 Å². The van der Waals surface area contributed by atoms with Crippen LogP contribution in [-0.2, 0) is 0 Å². The van der Waals surface area contributed by atoms with Crippen molar-refractivity contribution in [2.24, 2.45) is 5.92 Å². The summed E-state index contributed by atoms with van der Waals surface area (Å²) in [4.78, 5) is 4.01. The van der Waals surface area contributed by atoms with E-state index in [1.165, 1.54) is 0 Å². The predicted molar refractivity (Wildman–Crippen MR) is 53.0 cm³/mol. The molecule has 0 saturated carbocycles. The summed E-state index contributed by atoms with van der Waals surface area (Å²) in [7, 11) is 0. The first-order valence-corrected chi connectivity index (χ1v) is 4.87. The maximum absolute atomic E-state index is 8.79. The molecule has 5 nitrogen and oxygen atoms in total. The number of aromatic nitrogens is 2. The first kappa shape index (κ1) is 11.0. The zero-order chi connectivity index (χ0) is 10.4. The molecule has 0 aliphatic heterocycles. The highest BCUT2D eigenvalue weighted by Crippen LogP contribution is 2.06. The SMILES string of the molecule is Cc1noc(NCCCC(C)CO)n1. The lowest BCUT2D eigenvalue weighted by molar-refractivity contribution is 0.229. The van der Waals surface area contributed by atoms with Crippen LogP contribution in [0, 0.1) is 12.8 Å². The average Bonchev–Trinajstić information content (AvgIpc) is 2.58. The minimum Gasteiger partial charge on any atom is -0.396 e. The zero-order valence-electron chi connectivity index (χ0n) is 8.66. The van der Waals surface area contributed by atoms with Gasteiger partial charge in [0.25, 0.3) is 0 Å². The molecule has 0 aliphatic carbocycles. The largest absolute Gasteiger partial charge is 0.396 e. The van der Waals surface area contributed by atoms with Gasteiger partial charge in [-0.15, -0.1) is 0 Å². The number of aliphatic hydroxyl groups excluding tert-OH is 1. The third-order valence-corrected chi connectivity index (χ3v) is 1.99. The molecular weight excluding hydrogens is 182 g/mol. The molecule has 0 bridgehead atoms. The fourth-order valence-electron chi connectivity index (χ4n) is 1.11. The van der Waals surface area contributed by atoms with Crippen molar-refractivity contribution in [3.05, 3.63) is 5.82 Å². The van der Waals surface area contributed by atoms with Crippen molar-refractivity contribution >= 4 is 6.01 Å². The van der Waals surface area contributed by atoms with E-state index in [0.717, 1.165) is 19.4 Å². The molecule has 14 heavy (non-hydrogen) atoms. The number of hydrogen-bond donors (Lipinski definition) is 2. The fraction of sp³-hybridized carbons (Fsp3) is 0.778. The van der Waals surface area contributed by atoms with Crippen LogP contribution in [0.15, 0.2) is 4.52 Å². The molecule has 0 saturated heterocycles. The van der Waals surface area contributed by atoms with Crippen LogP contribution in [-0.4, -0.2) is 28.4 Å². The normalized spacial score (nSPS) is 12.8. The van der Waals surface area contributed by atoms with Gasteiger partial charge in [-0.2, -0.15) is 4.98 Å². The van der Waals surface area contributed by atoms with Gasteiger partial charge in [0.15, 0.2) is 5.82 Å². The van der Waals surface area contributed by atoms with Crippen molar-refractivity contribution in [3.63, 3.8) is 0 Å². The van der Waals surface area contributed by atoms with E-state index in [2.05, 4.69) is 15.5 Å². The summed E-state index contributed by atoms with van der Waals surface area (Å²) in [5.41, 5.74) is 0. The lowest BCUT2D eigenvalue weighted by atomic mass is 10.1. The lowest BCUT2D eigenvalue weighted by Crippen LogP contribution is -2.06. The summed E-state index contributed by atoms with van der Waals surface area (Å²) in [6.07, 6.45) is 1.99. The number of hydrogen-bond acceptors (Lipinski definition) is 5. The minimum absolute atomic E-state index is 0.250. The summed E-state index contributed by atoms with van der Waals surface area (Å²) in [6, 6.07) is 0.471. The van der Waals surface area contributed by atoms with Gasteiger partial charge in [-0.05, 0) is 25.7 Å². The van der Waals surface area contributed by atoms with Crippen molar-refractivity contribution in [2.45, 2.75) is 26.7 Å². The van der Waals surface area contributed by atoms with E-state index in [9.17, 15) is 0 Å². The molecule has 0 spiro atoms. The summed E-state index contributed by atoms with van der Waals surface area (Å²) >= 11 is 0. The number of aryl methyl sites for hydroxylation is 1. The van der Waals surface area contributed by atoms with Crippen LogP contribution in [0.25, 0.3) is 0 Å². The number of nitrogens with one attached hydrogen (secondary N) is 1. The van der Waals surface area contributed by atoms with Gasteiger partial charge in [0.2, 0.25) is 0 Å². The second-order valence-electron chi connectivity index (χ2n) is 3.50. The van der Waals surface area contributed by atoms with Crippen LogP contribution in [0.2, 0.25) is 0 Å². The van der Waals surface area contributed by atoms with E-state index in [1.54, 1.807) is 6.92 Å². The summed E-state index contributed by atoms with van der Waals surface area (Å²) in [5, 5.41) is 15.5. The van der Waals surface area contributed by atoms with Gasteiger partial charge in [0.1, 0.15) is 0 Å². The lowest BCUT2D eigenvalue weighted by Gasteiger charge is -2.06. The van der Waals surface area contributed by atoms with Gasteiger partial charge < -0.3 is 14.9 Å². The van der Waals surface area contributed by atoms with E-state index in [0.29, 0.717) is 17.8 Å². The Labute approximate surface area is 83.5 Å². The first-order chi connectivity index (χ1) is 6.72. The number of aliphatic hydroxyl groups is 1. The van der Waals surface area contributed by atoms with Crippen molar-refractivity contribution in [3.8, 4) is 0 Å². The topological polar surface area (TPSA) is 71.2 Å². The Morgan fingerprint density at radius 2 is 2.36 bits per heavy atom. The highest BCUT2D eigenvalue weighted by Gasteiger charge is 2.02. The third-order valence-electron chi connectivity index (χ3n) is 1.99. The van der Waals surface area contributed by atoms with Gasteiger partial charge in [-0.1, -0.05) is 12.1 Å². The van der Waals surface area contributed by atoms with Gasteiger partial charge in [-0.25, -0.2) is 0 Å². The van der Waals surface area contributed by atoms with Gasteiger partial charge >= 0.3 is 6.01 Å². The summed E-state index contributed by atoms with van der Waals surface area (Å²) in [5.74, 6) is 0.998. The molecule has 1 aromatic heterocycles. The van der Waals surface area contributed by atoms with Gasteiger partial charge in [0.05, 0.1) is 0 Å². The molecule has 1 heterocycles. The Bertz CT molecular complexity index is 262. The molecule has 0 aliphatic rings. The van der Waals surface area contributed by atoms with E-state index >= 15 is 0 Å². The van der Waals surface area contributed by atoms with Crippen molar-refractivity contribution in [2.75, 3.05) is 18.5 Å². The van der Waals surface area contributed by atoms with Crippen LogP contribution in [0.1, 0.15) is 25.6 Å². The van der Waals surface area contributed by atoms with Crippen LogP contribution >= 0.6 is 0 Å². The Morgan fingerprint density at radius 3 is 2.93 bits per heavy atom. The molecule has 1 aromatic rings. The number of nitrogens with zero attached hydrogens (tertiary/aromatic N) is 2. The maximum atomic E-state index is 8.79. The van der Waals surface area contributed by atoms with E-state index in [1.807, 2.05) is 6.92 Å². The zero-order valence-corrected chi connectivity index (χ0v) is 8.66. The monoisotopic (exact) mass is 199 g/mol. The van der Waals surface area contributed by atoms with Crippen LogP contribution in [0.3, 0.4) is 0 Å². The average molecular weight is 199 g/mol. The quantitative estimate of drug-likeness (QED) is 0.673. The number of rotatable bonds is 6. The Kier molecular flexibility index (Phi) is 4.39. The second-order valence-corrected chi connectivity index (χ2v) is 3.50. The molecule has 1 unspecified atom stereocenters. The highest BCUT2D eigenvalue weighted by atomic mass is 16.5. The maximum Gasteiger partial charge on any atom is 0.321 e. The molecule has 0 aromatic carbocycles. The van der Waals surface area contributed by atoms with Crippen molar-refractivity contribution in [1.29, 1.82) is 0 Å². The minimum atomic E-state index is 0.250.